The van der Waals surface area contributed by atoms with Crippen molar-refractivity contribution < 1.29 is 9.53 Å². The Morgan fingerprint density at radius 1 is 1.19 bits per heavy atom. The molecule has 0 saturated heterocycles. The second-order valence-electron chi connectivity index (χ2n) is 5.48. The van der Waals surface area contributed by atoms with Gasteiger partial charge in [0.25, 0.3) is 0 Å². The Labute approximate surface area is 127 Å². The van der Waals surface area contributed by atoms with E-state index in [9.17, 15) is 4.79 Å². The molecule has 1 atom stereocenters. The van der Waals surface area contributed by atoms with Crippen LogP contribution in [0.25, 0.3) is 0 Å². The van der Waals surface area contributed by atoms with Crippen LogP contribution < -0.4 is 16.0 Å². The van der Waals surface area contributed by atoms with Gasteiger partial charge in [-0.2, -0.15) is 0 Å². The van der Waals surface area contributed by atoms with Crippen molar-refractivity contribution in [3.05, 3.63) is 29.8 Å². The van der Waals surface area contributed by atoms with Crippen LogP contribution in [0.2, 0.25) is 0 Å². The second kappa shape index (κ2) is 9.37. The Kier molecular flexibility index (Phi) is 7.79. The third kappa shape index (κ3) is 7.11. The average Bonchev–Trinajstić information content (AvgIpc) is 2.46. The molecule has 0 aliphatic heterocycles. The first-order valence-electron chi connectivity index (χ1n) is 7.42. The molecule has 1 unspecified atom stereocenters. The molecule has 1 rings (SSSR count). The number of carbonyl (C=O) groups is 1. The summed E-state index contributed by atoms with van der Waals surface area (Å²) in [6, 6.07) is 7.89. The van der Waals surface area contributed by atoms with E-state index < -0.39 is 0 Å². The summed E-state index contributed by atoms with van der Waals surface area (Å²) in [5.74, 6) is 0.511. The number of ether oxygens (including phenoxy) is 1. The topological polar surface area (TPSA) is 62.4 Å². The van der Waals surface area contributed by atoms with E-state index in [1.165, 1.54) is 5.56 Å². The summed E-state index contributed by atoms with van der Waals surface area (Å²) in [5, 5.41) is 8.74. The molecule has 1 aromatic rings. The molecule has 5 nitrogen and oxygen atoms in total. The van der Waals surface area contributed by atoms with Crippen LogP contribution in [0, 0.1) is 5.92 Å². The molecule has 0 aliphatic rings. The quantitative estimate of drug-likeness (QED) is 0.646. The fourth-order valence-corrected chi connectivity index (χ4v) is 1.75. The van der Waals surface area contributed by atoms with Gasteiger partial charge in [-0.15, -0.1) is 0 Å². The second-order valence-corrected chi connectivity index (χ2v) is 5.48. The molecular formula is C16H27N3O2. The number of amides is 2. The fraction of sp³-hybridized carbons (Fsp3) is 0.562. The van der Waals surface area contributed by atoms with Crippen molar-refractivity contribution in [2.24, 2.45) is 5.92 Å². The summed E-state index contributed by atoms with van der Waals surface area (Å²) in [6.45, 7) is 8.04. The summed E-state index contributed by atoms with van der Waals surface area (Å²) in [6.07, 6.45) is 0. The van der Waals surface area contributed by atoms with Crippen molar-refractivity contribution in [3.8, 4) is 0 Å². The van der Waals surface area contributed by atoms with Gasteiger partial charge in [-0.3, -0.25) is 0 Å². The van der Waals surface area contributed by atoms with Gasteiger partial charge in [-0.05, 0) is 37.6 Å². The Bertz CT molecular complexity index is 418. The van der Waals surface area contributed by atoms with Gasteiger partial charge >= 0.3 is 6.03 Å². The molecule has 0 aliphatic carbocycles. The van der Waals surface area contributed by atoms with Gasteiger partial charge in [0.05, 0.1) is 6.61 Å². The average molecular weight is 293 g/mol. The number of rotatable bonds is 8. The number of carbonyl (C=O) groups excluding carboxylic acids is 1. The van der Waals surface area contributed by atoms with E-state index in [2.05, 4.69) is 36.7 Å². The largest absolute Gasteiger partial charge is 0.379 e. The lowest BCUT2D eigenvalue weighted by molar-refractivity contribution is 0.113. The molecule has 21 heavy (non-hydrogen) atoms. The van der Waals surface area contributed by atoms with E-state index in [1.807, 2.05) is 31.3 Å². The van der Waals surface area contributed by atoms with E-state index in [-0.39, 0.29) is 6.03 Å². The highest BCUT2D eigenvalue weighted by atomic mass is 16.5. The van der Waals surface area contributed by atoms with E-state index in [4.69, 9.17) is 4.74 Å². The van der Waals surface area contributed by atoms with Gasteiger partial charge in [0.1, 0.15) is 0 Å². The molecule has 0 saturated carbocycles. The minimum Gasteiger partial charge on any atom is -0.379 e. The van der Waals surface area contributed by atoms with Crippen LogP contribution in [0.1, 0.15) is 32.4 Å². The van der Waals surface area contributed by atoms with Gasteiger partial charge in [-0.25, -0.2) is 4.79 Å². The number of benzene rings is 1. The highest BCUT2D eigenvalue weighted by Crippen LogP contribution is 2.15. The molecule has 1 aromatic carbocycles. The molecule has 0 spiro atoms. The fourth-order valence-electron chi connectivity index (χ4n) is 1.75. The first-order chi connectivity index (χ1) is 10.0. The third-order valence-electron chi connectivity index (χ3n) is 3.08. The van der Waals surface area contributed by atoms with Crippen LogP contribution in [0.5, 0.6) is 0 Å². The van der Waals surface area contributed by atoms with Crippen LogP contribution in [0.15, 0.2) is 24.3 Å². The molecule has 0 fully saturated rings. The van der Waals surface area contributed by atoms with Crippen LogP contribution in [-0.4, -0.2) is 32.8 Å². The molecule has 118 valence electrons. The highest BCUT2D eigenvalue weighted by molar-refractivity contribution is 5.89. The van der Waals surface area contributed by atoms with Crippen LogP contribution >= 0.6 is 0 Å². The zero-order valence-corrected chi connectivity index (χ0v) is 13.4. The minimum absolute atomic E-state index is 0.211. The van der Waals surface area contributed by atoms with E-state index in [0.717, 1.165) is 5.69 Å². The maximum Gasteiger partial charge on any atom is 0.319 e. The van der Waals surface area contributed by atoms with Crippen molar-refractivity contribution in [1.82, 2.24) is 10.6 Å². The number of urea groups is 1. The van der Waals surface area contributed by atoms with Crippen molar-refractivity contribution in [1.29, 1.82) is 0 Å². The number of hydrogen-bond donors (Lipinski definition) is 3. The standard InChI is InChI=1S/C16H27N3O2/c1-12(2)11-21-10-9-18-16(20)19-15-7-5-14(6-8-15)13(3)17-4/h5-8,12-13,17H,9-11H2,1-4H3,(H2,18,19,20). The molecule has 5 heteroatoms. The lowest BCUT2D eigenvalue weighted by Crippen LogP contribution is -2.31. The Hall–Kier alpha value is -1.59. The Morgan fingerprint density at radius 2 is 1.86 bits per heavy atom. The lowest BCUT2D eigenvalue weighted by Gasteiger charge is -2.12. The van der Waals surface area contributed by atoms with Gasteiger partial charge in [0, 0.05) is 24.9 Å². The molecule has 3 N–H and O–H groups in total. The molecular weight excluding hydrogens is 266 g/mol. The number of nitrogens with one attached hydrogen (secondary N) is 3. The van der Waals surface area contributed by atoms with E-state index >= 15 is 0 Å². The molecule has 0 aromatic heterocycles. The smallest absolute Gasteiger partial charge is 0.319 e. The first kappa shape index (κ1) is 17.5. The van der Waals surface area contributed by atoms with E-state index in [0.29, 0.717) is 31.7 Å². The Morgan fingerprint density at radius 3 is 2.43 bits per heavy atom. The third-order valence-corrected chi connectivity index (χ3v) is 3.08. The van der Waals surface area contributed by atoms with E-state index in [1.54, 1.807) is 0 Å². The van der Waals surface area contributed by atoms with Crippen LogP contribution in [-0.2, 0) is 4.74 Å². The maximum atomic E-state index is 11.7. The highest BCUT2D eigenvalue weighted by Gasteiger charge is 2.04. The molecule has 0 radical (unpaired) electrons. The lowest BCUT2D eigenvalue weighted by atomic mass is 10.1. The van der Waals surface area contributed by atoms with Gasteiger partial charge in [0.2, 0.25) is 0 Å². The normalized spacial score (nSPS) is 12.2. The summed E-state index contributed by atoms with van der Waals surface area (Å²) >= 11 is 0. The predicted molar refractivity (Wildman–Crippen MR) is 86.6 cm³/mol. The monoisotopic (exact) mass is 293 g/mol. The summed E-state index contributed by atoms with van der Waals surface area (Å²) in [5.41, 5.74) is 1.97. The summed E-state index contributed by atoms with van der Waals surface area (Å²) in [7, 11) is 1.92. The van der Waals surface area contributed by atoms with Gasteiger partial charge in [0.15, 0.2) is 0 Å². The summed E-state index contributed by atoms with van der Waals surface area (Å²) < 4.78 is 5.40. The molecule has 2 amide bonds. The first-order valence-corrected chi connectivity index (χ1v) is 7.42. The van der Waals surface area contributed by atoms with Crippen molar-refractivity contribution in [2.75, 3.05) is 32.1 Å². The number of hydrogen-bond acceptors (Lipinski definition) is 3. The van der Waals surface area contributed by atoms with Gasteiger partial charge in [-0.1, -0.05) is 26.0 Å². The van der Waals surface area contributed by atoms with Gasteiger partial charge < -0.3 is 20.7 Å². The SMILES string of the molecule is CNC(C)c1ccc(NC(=O)NCCOCC(C)C)cc1. The minimum atomic E-state index is -0.211. The van der Waals surface area contributed by atoms with Crippen molar-refractivity contribution in [3.63, 3.8) is 0 Å². The predicted octanol–water partition coefficient (Wildman–Crippen LogP) is 2.76. The molecule has 0 heterocycles. The summed E-state index contributed by atoms with van der Waals surface area (Å²) in [4.78, 5) is 11.7. The van der Waals surface area contributed by atoms with Crippen LogP contribution in [0.4, 0.5) is 10.5 Å². The molecule has 0 bridgehead atoms. The van der Waals surface area contributed by atoms with Crippen LogP contribution in [0.3, 0.4) is 0 Å². The zero-order chi connectivity index (χ0) is 15.7. The Balaban J connectivity index is 2.28. The number of anilines is 1. The van der Waals surface area contributed by atoms with Crippen molar-refractivity contribution >= 4 is 11.7 Å². The zero-order valence-electron chi connectivity index (χ0n) is 13.4. The maximum absolute atomic E-state index is 11.7. The van der Waals surface area contributed by atoms with Crippen molar-refractivity contribution in [2.45, 2.75) is 26.8 Å².